The fourth-order valence-electron chi connectivity index (χ4n) is 5.73. The van der Waals surface area contributed by atoms with Crippen molar-refractivity contribution in [2.45, 2.75) is 157 Å². The fourth-order valence-corrected chi connectivity index (χ4v) is 58.3. The topological polar surface area (TPSA) is 111 Å². The highest BCUT2D eigenvalue weighted by molar-refractivity contribution is 6.97. The molecule has 1 aliphatic rings. The van der Waals surface area contributed by atoms with Crippen LogP contribution in [0.3, 0.4) is 0 Å². The van der Waals surface area contributed by atoms with E-state index in [1.54, 1.807) is 0 Å². The summed E-state index contributed by atoms with van der Waals surface area (Å²) in [6, 6.07) is 0. The van der Waals surface area contributed by atoms with E-state index in [9.17, 15) is 0 Å². The lowest BCUT2D eigenvalue weighted by atomic mass is 11.8. The summed E-state index contributed by atoms with van der Waals surface area (Å²) in [5.74, 6) is 0. The van der Waals surface area contributed by atoms with Crippen molar-refractivity contribution in [2.75, 3.05) is 0 Å². The molecule has 0 aromatic heterocycles. The first-order valence-corrected chi connectivity index (χ1v) is 50.7. The maximum absolute atomic E-state index is 7.17. The number of rotatable bonds is 12. The van der Waals surface area contributed by atoms with Crippen molar-refractivity contribution in [3.63, 3.8) is 0 Å². The number of hydrogen-bond acceptors (Lipinski definition) is 12. The van der Waals surface area contributed by atoms with Gasteiger partial charge in [0.15, 0.2) is 49.9 Å². The van der Waals surface area contributed by atoms with Gasteiger partial charge in [0, 0.05) is 39.3 Å². The van der Waals surface area contributed by atoms with E-state index in [-0.39, 0.29) is 0 Å². The zero-order valence-corrected chi connectivity index (χ0v) is 46.9. The lowest BCUT2D eigenvalue weighted by Gasteiger charge is -2.50. The molecular weight excluding hydrogens is 817 g/mol. The van der Waals surface area contributed by atoms with Gasteiger partial charge in [-0.05, 0) is 118 Å². The third kappa shape index (κ3) is 19.4. The van der Waals surface area contributed by atoms with Gasteiger partial charge in [0.1, 0.15) is 0 Å². The summed E-state index contributed by atoms with van der Waals surface area (Å²) >= 11 is 0. The summed E-state index contributed by atoms with van der Waals surface area (Å²) in [6.45, 7) is 49.5. The highest BCUT2D eigenvalue weighted by Gasteiger charge is 2.65. The highest BCUT2D eigenvalue weighted by Crippen LogP contribution is 2.38. The Morgan fingerprint density at radius 3 is 0.375 bits per heavy atom. The summed E-state index contributed by atoms with van der Waals surface area (Å²) in [7, 11) is -35.8. The summed E-state index contributed by atoms with van der Waals surface area (Å²) < 4.78 is 84.6. The third-order valence-corrected chi connectivity index (χ3v) is 46.6. The van der Waals surface area contributed by atoms with Crippen LogP contribution < -0.4 is 0 Å². The average molecular weight is 890 g/mol. The Balaban J connectivity index is 4.34. The molecule has 0 aromatic carbocycles. The second kappa shape index (κ2) is 15.3. The molecule has 1 saturated heterocycles. The first-order chi connectivity index (χ1) is 20.5. The van der Waals surface area contributed by atoms with Crippen molar-refractivity contribution in [3.05, 3.63) is 0 Å². The van der Waals surface area contributed by atoms with Gasteiger partial charge in [-0.2, -0.15) is 0 Å². The van der Waals surface area contributed by atoms with Crippen molar-refractivity contribution in [3.8, 4) is 0 Å². The van der Waals surface area contributed by atoms with E-state index in [1.165, 1.54) is 0 Å². The molecule has 24 heteroatoms. The molecule has 0 amide bonds. The minimum atomic E-state index is -3.67. The van der Waals surface area contributed by atoms with E-state index in [0.717, 1.165) is 0 Å². The van der Waals surface area contributed by atoms with E-state index in [0.29, 0.717) is 0 Å². The quantitative estimate of drug-likeness (QED) is 0.175. The van der Waals surface area contributed by atoms with Crippen LogP contribution >= 0.6 is 0 Å². The van der Waals surface area contributed by atoms with Crippen LogP contribution in [0, 0.1) is 0 Å². The molecule has 1 aliphatic heterocycles. The summed E-state index contributed by atoms with van der Waals surface area (Å²) in [6.07, 6.45) is 0. The van der Waals surface area contributed by atoms with Crippen LogP contribution in [0.2, 0.25) is 157 Å². The largest absolute Gasteiger partial charge is 0.472 e. The maximum atomic E-state index is 7.17. The Bertz CT molecular complexity index is 848. The monoisotopic (exact) mass is 888 g/mol. The molecule has 0 aromatic rings. The van der Waals surface area contributed by atoms with Gasteiger partial charge in [-0.3, -0.25) is 0 Å². The minimum Gasteiger partial charge on any atom is -0.417 e. The molecule has 0 aliphatic carbocycles. The van der Waals surface area contributed by atoms with Crippen LogP contribution in [0.15, 0.2) is 0 Å². The Morgan fingerprint density at radius 1 is 0.229 bits per heavy atom. The molecule has 1 fully saturated rings. The van der Waals surface area contributed by atoms with Gasteiger partial charge in [-0.25, -0.2) is 0 Å². The summed E-state index contributed by atoms with van der Waals surface area (Å²) in [4.78, 5) is 0. The Kier molecular flexibility index (Phi) is 15.4. The zero-order valence-electron chi connectivity index (χ0n) is 34.9. The van der Waals surface area contributed by atoms with Crippen LogP contribution in [0.25, 0.3) is 0 Å². The molecule has 288 valence electrons. The SMILES string of the molecule is C[Si](C)(C)O[Si]1(C)O[Si](C)(O[Si](C)(C)C)O[Si](C)(O[Si](C)(C)C)O[Si](C)(O[Si](C)(C)C)O[Si](C)(O[Si](C)(C)C)O[Si](C)(O[Si](C)(C)C)O1. The first-order valence-electron chi connectivity index (χ1n) is 16.9. The molecule has 0 saturated carbocycles. The molecule has 12 nitrogen and oxygen atoms in total. The molecule has 0 atom stereocenters. The normalized spacial score (nSPS) is 36.0. The average Bonchev–Trinajstić information content (AvgIpc) is 2.52. The second-order valence-electron chi connectivity index (χ2n) is 19.1. The molecule has 0 bridgehead atoms. The molecule has 0 unspecified atom stereocenters. The lowest BCUT2D eigenvalue weighted by Crippen LogP contribution is -2.74. The zero-order chi connectivity index (χ0) is 38.5. The second-order valence-corrected chi connectivity index (χ2v) is 64.6. The summed E-state index contributed by atoms with van der Waals surface area (Å²) in [5.41, 5.74) is 0. The van der Waals surface area contributed by atoms with E-state index in [4.69, 9.17) is 49.4 Å². The molecule has 0 N–H and O–H groups in total. The molecule has 48 heavy (non-hydrogen) atoms. The van der Waals surface area contributed by atoms with Gasteiger partial charge in [-0.1, -0.05) is 0 Å². The molecular formula is C24H72O12Si12. The van der Waals surface area contributed by atoms with E-state index >= 15 is 0 Å². The Labute approximate surface area is 307 Å². The standard InChI is InChI=1S/C24H72O12Si12/c1-37(2,3)25-43(19)31-44(20,26-38(4,5)6)33-46(22,28-40(10,11)12)35-48(24,30-42(16,17)18)36-47(23,29-41(13,14)15)34-45(21,32-43)27-39(7,8)9/h1-24H3. The van der Waals surface area contributed by atoms with Gasteiger partial charge >= 0.3 is 52.8 Å². The molecule has 0 radical (unpaired) electrons. The minimum absolute atomic E-state index is 1.91. The van der Waals surface area contributed by atoms with Crippen molar-refractivity contribution in [1.82, 2.24) is 0 Å². The van der Waals surface area contributed by atoms with E-state index in [1.807, 2.05) is 39.3 Å². The predicted octanol–water partition coefficient (Wildman–Crippen LogP) is 8.62. The van der Waals surface area contributed by atoms with Gasteiger partial charge in [0.25, 0.3) is 0 Å². The van der Waals surface area contributed by atoms with Crippen LogP contribution in [-0.4, -0.2) is 103 Å². The first kappa shape index (κ1) is 48.1. The van der Waals surface area contributed by atoms with Gasteiger partial charge in [0.05, 0.1) is 0 Å². The van der Waals surface area contributed by atoms with Crippen molar-refractivity contribution >= 4 is 103 Å². The molecule has 1 rings (SSSR count). The lowest BCUT2D eigenvalue weighted by molar-refractivity contribution is 0.0923. The van der Waals surface area contributed by atoms with E-state index in [2.05, 4.69) is 118 Å². The predicted molar refractivity (Wildman–Crippen MR) is 223 cm³/mol. The summed E-state index contributed by atoms with van der Waals surface area (Å²) in [5, 5.41) is 0. The van der Waals surface area contributed by atoms with Gasteiger partial charge in [0.2, 0.25) is 0 Å². The fraction of sp³-hybridized carbons (Fsp3) is 1.00. The van der Waals surface area contributed by atoms with E-state index < -0.39 is 103 Å². The highest BCUT2D eigenvalue weighted by atomic mass is 28.6. The van der Waals surface area contributed by atoms with Crippen LogP contribution in [0.4, 0.5) is 0 Å². The molecule has 1 heterocycles. The molecule has 0 spiro atoms. The van der Waals surface area contributed by atoms with Crippen LogP contribution in [0.5, 0.6) is 0 Å². The van der Waals surface area contributed by atoms with Gasteiger partial charge in [-0.15, -0.1) is 0 Å². The maximum Gasteiger partial charge on any atom is 0.472 e. The van der Waals surface area contributed by atoms with Crippen molar-refractivity contribution in [2.24, 2.45) is 0 Å². The Hall–Kier alpha value is 2.12. The van der Waals surface area contributed by atoms with Crippen LogP contribution in [-0.2, 0) is 49.4 Å². The van der Waals surface area contributed by atoms with Gasteiger partial charge < -0.3 is 49.4 Å². The van der Waals surface area contributed by atoms with Crippen molar-refractivity contribution < 1.29 is 49.4 Å². The van der Waals surface area contributed by atoms with Crippen LogP contribution in [0.1, 0.15) is 0 Å². The number of hydrogen-bond donors (Lipinski definition) is 0. The Morgan fingerprint density at radius 2 is 0.312 bits per heavy atom. The smallest absolute Gasteiger partial charge is 0.417 e. The third-order valence-electron chi connectivity index (χ3n) is 5.17. The van der Waals surface area contributed by atoms with Crippen molar-refractivity contribution in [1.29, 1.82) is 0 Å².